The Hall–Kier alpha value is -2.27. The van der Waals surface area contributed by atoms with Crippen LogP contribution < -0.4 is 4.74 Å². The highest BCUT2D eigenvalue weighted by molar-refractivity contribution is 7.98. The standard InChI is InChI=1S/C18H15FN2OS/c1-11-18(12-3-5-13(19)6-4-12)21-15-8-7-14(23-2)9-16(15)22-10-17(21)20-11/h3-9H,10H2,1-2H3. The van der Waals surface area contributed by atoms with Gasteiger partial charge in [0.1, 0.15) is 18.2 Å². The maximum Gasteiger partial charge on any atom is 0.152 e. The van der Waals surface area contributed by atoms with Crippen molar-refractivity contribution < 1.29 is 9.13 Å². The summed E-state index contributed by atoms with van der Waals surface area (Å²) >= 11 is 1.68. The van der Waals surface area contributed by atoms with E-state index in [1.165, 1.54) is 12.1 Å². The van der Waals surface area contributed by atoms with Crippen LogP contribution >= 0.6 is 11.8 Å². The molecule has 2 heterocycles. The number of halogens is 1. The molecule has 0 amide bonds. The largest absolute Gasteiger partial charge is 0.483 e. The zero-order valence-electron chi connectivity index (χ0n) is 12.8. The first-order valence-electron chi connectivity index (χ1n) is 7.33. The number of rotatable bonds is 2. The maximum atomic E-state index is 13.2. The van der Waals surface area contributed by atoms with E-state index < -0.39 is 0 Å². The summed E-state index contributed by atoms with van der Waals surface area (Å²) in [5.41, 5.74) is 3.83. The summed E-state index contributed by atoms with van der Waals surface area (Å²) in [6.07, 6.45) is 2.04. The quantitative estimate of drug-likeness (QED) is 0.644. The van der Waals surface area contributed by atoms with Crippen molar-refractivity contribution in [1.29, 1.82) is 0 Å². The summed E-state index contributed by atoms with van der Waals surface area (Å²) in [7, 11) is 0. The maximum absolute atomic E-state index is 13.2. The highest BCUT2D eigenvalue weighted by atomic mass is 32.2. The average molecular weight is 326 g/mol. The molecule has 23 heavy (non-hydrogen) atoms. The number of ether oxygens (including phenoxy) is 1. The highest BCUT2D eigenvalue weighted by Gasteiger charge is 2.24. The van der Waals surface area contributed by atoms with E-state index in [1.807, 2.05) is 19.2 Å². The van der Waals surface area contributed by atoms with Crippen LogP contribution in [0.5, 0.6) is 5.75 Å². The van der Waals surface area contributed by atoms with E-state index in [9.17, 15) is 4.39 Å². The van der Waals surface area contributed by atoms with Crippen LogP contribution in [-0.2, 0) is 6.61 Å². The summed E-state index contributed by atoms with van der Waals surface area (Å²) in [4.78, 5) is 5.79. The molecule has 0 fully saturated rings. The van der Waals surface area contributed by atoms with Crippen LogP contribution in [0, 0.1) is 12.7 Å². The number of aryl methyl sites for hydroxylation is 1. The summed E-state index contributed by atoms with van der Waals surface area (Å²) in [5, 5.41) is 0. The van der Waals surface area contributed by atoms with Gasteiger partial charge in [0, 0.05) is 10.5 Å². The molecule has 0 bridgehead atoms. The molecule has 116 valence electrons. The van der Waals surface area contributed by atoms with Crippen molar-refractivity contribution >= 4 is 11.8 Å². The monoisotopic (exact) mass is 326 g/mol. The number of benzene rings is 2. The van der Waals surface area contributed by atoms with Gasteiger partial charge in [0.2, 0.25) is 0 Å². The Balaban J connectivity index is 1.94. The van der Waals surface area contributed by atoms with Crippen LogP contribution in [-0.4, -0.2) is 15.8 Å². The first-order chi connectivity index (χ1) is 11.2. The minimum absolute atomic E-state index is 0.238. The number of fused-ring (bicyclic) bond motifs is 3. The van der Waals surface area contributed by atoms with Crippen molar-refractivity contribution in [1.82, 2.24) is 9.55 Å². The second-order valence-corrected chi connectivity index (χ2v) is 6.31. The number of nitrogens with zero attached hydrogens (tertiary/aromatic N) is 2. The first kappa shape index (κ1) is 14.3. The van der Waals surface area contributed by atoms with E-state index in [2.05, 4.69) is 21.7 Å². The van der Waals surface area contributed by atoms with Gasteiger partial charge in [-0.15, -0.1) is 11.8 Å². The molecule has 0 unspecified atom stereocenters. The molecule has 0 aliphatic carbocycles. The van der Waals surface area contributed by atoms with E-state index in [1.54, 1.807) is 23.9 Å². The molecule has 5 heteroatoms. The minimum atomic E-state index is -0.238. The third-order valence-corrected chi connectivity index (χ3v) is 4.73. The second-order valence-electron chi connectivity index (χ2n) is 5.43. The molecule has 4 rings (SSSR count). The molecular formula is C18H15FN2OS. The molecule has 1 aliphatic rings. The lowest BCUT2D eigenvalue weighted by molar-refractivity contribution is 0.279. The Bertz CT molecular complexity index is 887. The lowest BCUT2D eigenvalue weighted by Gasteiger charge is -2.22. The van der Waals surface area contributed by atoms with Crippen molar-refractivity contribution in [2.75, 3.05) is 6.26 Å². The third kappa shape index (κ3) is 2.32. The van der Waals surface area contributed by atoms with Gasteiger partial charge >= 0.3 is 0 Å². The van der Waals surface area contributed by atoms with Crippen molar-refractivity contribution in [3.8, 4) is 22.7 Å². The van der Waals surface area contributed by atoms with Gasteiger partial charge in [-0.3, -0.25) is 4.57 Å². The zero-order valence-corrected chi connectivity index (χ0v) is 13.7. The smallest absolute Gasteiger partial charge is 0.152 e. The molecule has 3 aromatic rings. The lowest BCUT2D eigenvalue weighted by atomic mass is 10.1. The number of hydrogen-bond donors (Lipinski definition) is 0. The van der Waals surface area contributed by atoms with E-state index >= 15 is 0 Å². The Morgan fingerprint density at radius 2 is 1.96 bits per heavy atom. The van der Waals surface area contributed by atoms with Gasteiger partial charge in [-0.25, -0.2) is 9.37 Å². The molecule has 3 nitrogen and oxygen atoms in total. The summed E-state index contributed by atoms with van der Waals surface area (Å²) in [6, 6.07) is 12.7. The SMILES string of the molecule is CSc1ccc2c(c1)OCc1nc(C)c(-c3ccc(F)cc3)n1-2. The van der Waals surface area contributed by atoms with E-state index in [0.29, 0.717) is 6.61 Å². The van der Waals surface area contributed by atoms with Crippen molar-refractivity contribution in [2.24, 2.45) is 0 Å². The molecule has 1 aliphatic heterocycles. The van der Waals surface area contributed by atoms with Crippen LogP contribution in [0.2, 0.25) is 0 Å². The first-order valence-corrected chi connectivity index (χ1v) is 8.55. The summed E-state index contributed by atoms with van der Waals surface area (Å²) < 4.78 is 21.2. The molecule has 0 radical (unpaired) electrons. The fraction of sp³-hybridized carbons (Fsp3) is 0.167. The topological polar surface area (TPSA) is 27.1 Å². The Labute approximate surface area is 138 Å². The number of thioether (sulfide) groups is 1. The van der Waals surface area contributed by atoms with Gasteiger partial charge in [-0.1, -0.05) is 0 Å². The molecule has 0 atom stereocenters. The van der Waals surface area contributed by atoms with Crippen molar-refractivity contribution in [3.05, 3.63) is 59.8 Å². The number of hydrogen-bond acceptors (Lipinski definition) is 3. The van der Waals surface area contributed by atoms with Gasteiger partial charge in [0.25, 0.3) is 0 Å². The lowest BCUT2D eigenvalue weighted by Crippen LogP contribution is -2.14. The van der Waals surface area contributed by atoms with Crippen molar-refractivity contribution in [3.63, 3.8) is 0 Å². The predicted octanol–water partition coefficient (Wildman–Crippen LogP) is 4.60. The van der Waals surface area contributed by atoms with Crippen LogP contribution in [0.3, 0.4) is 0 Å². The average Bonchev–Trinajstić information content (AvgIpc) is 2.91. The fourth-order valence-electron chi connectivity index (χ4n) is 2.95. The number of imidazole rings is 1. The minimum Gasteiger partial charge on any atom is -0.483 e. The molecule has 2 aromatic carbocycles. The van der Waals surface area contributed by atoms with E-state index in [-0.39, 0.29) is 5.82 Å². The molecule has 0 saturated carbocycles. The Kier molecular flexibility index (Phi) is 3.38. The van der Waals surface area contributed by atoms with Gasteiger partial charge in [0.05, 0.1) is 17.1 Å². The van der Waals surface area contributed by atoms with Crippen LogP contribution in [0.4, 0.5) is 4.39 Å². The molecule has 0 saturated heterocycles. The van der Waals surface area contributed by atoms with Gasteiger partial charge in [-0.2, -0.15) is 0 Å². The highest BCUT2D eigenvalue weighted by Crippen LogP contribution is 2.38. The van der Waals surface area contributed by atoms with Gasteiger partial charge in [0.15, 0.2) is 5.82 Å². The number of aromatic nitrogens is 2. The van der Waals surface area contributed by atoms with E-state index in [4.69, 9.17) is 4.74 Å². The third-order valence-electron chi connectivity index (χ3n) is 4.00. The Morgan fingerprint density at radius 1 is 1.17 bits per heavy atom. The predicted molar refractivity (Wildman–Crippen MR) is 89.8 cm³/mol. The summed E-state index contributed by atoms with van der Waals surface area (Å²) in [6.45, 7) is 2.41. The van der Waals surface area contributed by atoms with Crippen molar-refractivity contribution in [2.45, 2.75) is 18.4 Å². The molecule has 1 aromatic heterocycles. The molecular weight excluding hydrogens is 311 g/mol. The molecule has 0 spiro atoms. The molecule has 0 N–H and O–H groups in total. The summed E-state index contributed by atoms with van der Waals surface area (Å²) in [5.74, 6) is 1.48. The van der Waals surface area contributed by atoms with Gasteiger partial charge < -0.3 is 4.74 Å². The fourth-order valence-corrected chi connectivity index (χ4v) is 3.38. The van der Waals surface area contributed by atoms with Crippen LogP contribution in [0.15, 0.2) is 47.4 Å². The van der Waals surface area contributed by atoms with Crippen LogP contribution in [0.1, 0.15) is 11.5 Å². The van der Waals surface area contributed by atoms with Gasteiger partial charge in [-0.05, 0) is 55.6 Å². The second kappa shape index (κ2) is 5.42. The zero-order chi connectivity index (χ0) is 16.0. The normalized spacial score (nSPS) is 12.5. The Morgan fingerprint density at radius 3 is 2.70 bits per heavy atom. The van der Waals surface area contributed by atoms with Crippen LogP contribution in [0.25, 0.3) is 16.9 Å². The van der Waals surface area contributed by atoms with E-state index in [0.717, 1.165) is 39.1 Å².